The monoisotopic (exact) mass is 407 g/mol. The van der Waals surface area contributed by atoms with Gasteiger partial charge in [0.15, 0.2) is 0 Å². The highest BCUT2D eigenvalue weighted by Crippen LogP contribution is 2.65. The largest absolute Gasteiger partial charge is 0.308 e. The topological polar surface area (TPSA) is 4.93 Å². The van der Waals surface area contributed by atoms with Gasteiger partial charge >= 0.3 is 0 Å². The fourth-order valence-corrected chi connectivity index (χ4v) is 6.33. The Balaban J connectivity index is 1.71. The molecule has 1 fully saturated rings. The number of benzene rings is 5. The third-order valence-corrected chi connectivity index (χ3v) is 7.67. The Labute approximate surface area is 186 Å². The summed E-state index contributed by atoms with van der Waals surface area (Å²) in [6.07, 6.45) is 1.26. The molecule has 0 saturated heterocycles. The molecular weight excluding hydrogens is 386 g/mol. The van der Waals surface area contributed by atoms with Crippen LogP contribution in [0.3, 0.4) is 0 Å². The van der Waals surface area contributed by atoms with Gasteiger partial charge in [0.2, 0.25) is 0 Å². The van der Waals surface area contributed by atoms with E-state index in [0.29, 0.717) is 11.8 Å². The van der Waals surface area contributed by atoms with Crippen molar-refractivity contribution in [3.8, 4) is 16.9 Å². The molecule has 1 heteroatoms. The second kappa shape index (κ2) is 5.89. The van der Waals surface area contributed by atoms with Crippen LogP contribution in [0.4, 0.5) is 0 Å². The van der Waals surface area contributed by atoms with Crippen LogP contribution in [0.25, 0.3) is 49.4 Å². The molecular formula is C31H21N. The van der Waals surface area contributed by atoms with E-state index in [1.165, 1.54) is 61.4 Å². The minimum Gasteiger partial charge on any atom is -0.308 e. The van der Waals surface area contributed by atoms with E-state index >= 15 is 0 Å². The molecule has 0 bridgehead atoms. The van der Waals surface area contributed by atoms with Crippen LogP contribution in [-0.4, -0.2) is 4.57 Å². The number of para-hydroxylation sites is 1. The Morgan fingerprint density at radius 3 is 2.00 bits per heavy atom. The lowest BCUT2D eigenvalue weighted by Gasteiger charge is -2.20. The Morgan fingerprint density at radius 2 is 1.19 bits per heavy atom. The minimum atomic E-state index is 0.622. The quantitative estimate of drug-likeness (QED) is 0.242. The Bertz CT molecular complexity index is 1700. The molecule has 0 amide bonds. The van der Waals surface area contributed by atoms with E-state index in [0.717, 1.165) is 0 Å². The highest BCUT2D eigenvalue weighted by atomic mass is 15.0. The lowest BCUT2D eigenvalue weighted by atomic mass is 9.87. The molecule has 2 aliphatic rings. The molecule has 8 rings (SSSR count). The van der Waals surface area contributed by atoms with Crippen molar-refractivity contribution in [1.82, 2.24) is 4.57 Å². The molecule has 32 heavy (non-hydrogen) atoms. The third-order valence-electron chi connectivity index (χ3n) is 7.67. The molecule has 0 aliphatic heterocycles. The Morgan fingerprint density at radius 1 is 0.562 bits per heavy atom. The van der Waals surface area contributed by atoms with Gasteiger partial charge in [0.1, 0.15) is 0 Å². The molecule has 0 radical (unpaired) electrons. The van der Waals surface area contributed by atoms with Gasteiger partial charge in [0, 0.05) is 22.0 Å². The van der Waals surface area contributed by atoms with Gasteiger partial charge in [-0.15, -0.1) is 0 Å². The summed E-state index contributed by atoms with van der Waals surface area (Å²) in [5.41, 5.74) is 8.51. The Hall–Kier alpha value is -3.84. The van der Waals surface area contributed by atoms with Crippen molar-refractivity contribution in [2.24, 2.45) is 0 Å². The maximum absolute atomic E-state index is 2.56. The molecule has 1 nitrogen and oxygen atoms in total. The molecule has 1 aromatic heterocycles. The number of nitrogens with zero attached hydrogens (tertiary/aromatic N) is 1. The van der Waals surface area contributed by atoms with E-state index in [-0.39, 0.29) is 0 Å². The van der Waals surface area contributed by atoms with E-state index in [4.69, 9.17) is 0 Å². The number of hydrogen-bond acceptors (Lipinski definition) is 0. The molecule has 1 saturated carbocycles. The minimum absolute atomic E-state index is 0.622. The Kier molecular flexibility index (Phi) is 3.09. The van der Waals surface area contributed by atoms with Crippen molar-refractivity contribution < 1.29 is 0 Å². The van der Waals surface area contributed by atoms with Crippen LogP contribution in [0, 0.1) is 0 Å². The van der Waals surface area contributed by atoms with Crippen LogP contribution >= 0.6 is 0 Å². The molecule has 2 atom stereocenters. The second-order valence-corrected chi connectivity index (χ2v) is 9.28. The lowest BCUT2D eigenvalue weighted by molar-refractivity contribution is 0.988. The third kappa shape index (κ3) is 1.99. The first-order valence-electron chi connectivity index (χ1n) is 11.5. The molecule has 0 N–H and O–H groups in total. The summed E-state index contributed by atoms with van der Waals surface area (Å²) in [6.45, 7) is 0. The first-order valence-corrected chi connectivity index (χ1v) is 11.5. The molecule has 0 spiro atoms. The predicted octanol–water partition coefficient (Wildman–Crippen LogP) is 8.19. The standard InChI is InChI=1S/C31H21N/c1-2-10-19(11-3-1)32-30-24-16-8-5-13-21(24)20-12-4-7-15-23(20)28(30)29-27-18-26(27)22-14-6-9-17-25(22)31(29)32/h1-17,26-27H,18H2. The number of hydrogen-bond donors (Lipinski definition) is 0. The van der Waals surface area contributed by atoms with Crippen LogP contribution in [0.2, 0.25) is 0 Å². The fourth-order valence-electron chi connectivity index (χ4n) is 6.33. The van der Waals surface area contributed by atoms with E-state index in [1.807, 2.05) is 0 Å². The van der Waals surface area contributed by atoms with Gasteiger partial charge in [-0.3, -0.25) is 0 Å². The van der Waals surface area contributed by atoms with Crippen molar-refractivity contribution in [2.75, 3.05) is 0 Å². The predicted molar refractivity (Wildman–Crippen MR) is 134 cm³/mol. The van der Waals surface area contributed by atoms with Crippen LogP contribution in [0.15, 0.2) is 103 Å². The summed E-state index contributed by atoms with van der Waals surface area (Å²) >= 11 is 0. The van der Waals surface area contributed by atoms with Gasteiger partial charge < -0.3 is 4.57 Å². The van der Waals surface area contributed by atoms with E-state index in [9.17, 15) is 0 Å². The van der Waals surface area contributed by atoms with Crippen LogP contribution < -0.4 is 0 Å². The molecule has 2 aliphatic carbocycles. The first kappa shape index (κ1) is 16.8. The van der Waals surface area contributed by atoms with Crippen LogP contribution in [0.1, 0.15) is 29.4 Å². The highest BCUT2D eigenvalue weighted by molar-refractivity contribution is 6.27. The van der Waals surface area contributed by atoms with E-state index in [2.05, 4.69) is 108 Å². The molecule has 150 valence electrons. The van der Waals surface area contributed by atoms with E-state index in [1.54, 1.807) is 5.56 Å². The second-order valence-electron chi connectivity index (χ2n) is 9.28. The summed E-state index contributed by atoms with van der Waals surface area (Å²) in [5.74, 6) is 1.29. The van der Waals surface area contributed by atoms with Crippen LogP contribution in [0.5, 0.6) is 0 Å². The molecule has 1 heterocycles. The van der Waals surface area contributed by atoms with E-state index < -0.39 is 0 Å². The summed E-state index contributed by atoms with van der Waals surface area (Å²) in [7, 11) is 0. The fraction of sp³-hybridized carbons (Fsp3) is 0.0968. The van der Waals surface area contributed by atoms with Crippen molar-refractivity contribution in [2.45, 2.75) is 18.3 Å². The summed E-state index contributed by atoms with van der Waals surface area (Å²) in [5, 5.41) is 6.88. The highest BCUT2D eigenvalue weighted by Gasteiger charge is 2.48. The van der Waals surface area contributed by atoms with Crippen molar-refractivity contribution >= 4 is 32.4 Å². The zero-order valence-corrected chi connectivity index (χ0v) is 17.6. The smallest absolute Gasteiger partial charge is 0.0622 e. The number of fused-ring (bicyclic) bond motifs is 13. The summed E-state index contributed by atoms with van der Waals surface area (Å²) in [4.78, 5) is 0. The van der Waals surface area contributed by atoms with Gasteiger partial charge in [-0.2, -0.15) is 0 Å². The van der Waals surface area contributed by atoms with Crippen molar-refractivity contribution in [3.63, 3.8) is 0 Å². The van der Waals surface area contributed by atoms with Crippen molar-refractivity contribution in [1.29, 1.82) is 0 Å². The lowest BCUT2D eigenvalue weighted by Crippen LogP contribution is -2.03. The molecule has 5 aromatic carbocycles. The maximum Gasteiger partial charge on any atom is 0.0622 e. The molecule has 6 aromatic rings. The number of rotatable bonds is 1. The maximum atomic E-state index is 2.56. The van der Waals surface area contributed by atoms with Crippen molar-refractivity contribution in [3.05, 3.63) is 114 Å². The van der Waals surface area contributed by atoms with Gasteiger partial charge in [0.05, 0.1) is 11.2 Å². The van der Waals surface area contributed by atoms with Gasteiger partial charge in [-0.25, -0.2) is 0 Å². The summed E-state index contributed by atoms with van der Waals surface area (Å²) < 4.78 is 2.56. The van der Waals surface area contributed by atoms with Gasteiger partial charge in [-0.1, -0.05) is 91.0 Å². The van der Waals surface area contributed by atoms with Crippen LogP contribution in [-0.2, 0) is 0 Å². The zero-order valence-electron chi connectivity index (χ0n) is 17.6. The molecule has 2 unspecified atom stereocenters. The normalized spacial score (nSPS) is 18.5. The first-order chi connectivity index (χ1) is 15.9. The van der Waals surface area contributed by atoms with Gasteiger partial charge in [-0.05, 0) is 57.7 Å². The average molecular weight is 408 g/mol. The SMILES string of the molecule is c1ccc(-n2c3c(c4c5ccccc5c5ccccc5c42)C2CC2c2ccccc2-3)cc1. The average Bonchev–Trinajstić information content (AvgIpc) is 3.59. The zero-order chi connectivity index (χ0) is 20.8. The number of aromatic nitrogens is 1. The van der Waals surface area contributed by atoms with Gasteiger partial charge in [0.25, 0.3) is 0 Å². The summed E-state index contributed by atoms with van der Waals surface area (Å²) in [6, 6.07) is 38.0.